The lowest BCUT2D eigenvalue weighted by atomic mass is 10.1. The van der Waals surface area contributed by atoms with Gasteiger partial charge in [0.05, 0.1) is 0 Å². The Morgan fingerprint density at radius 2 is 1.86 bits per heavy atom. The van der Waals surface area contributed by atoms with Gasteiger partial charge in [0.15, 0.2) is 0 Å². The SMILES string of the molecule is N[C@@H]1CCN(C(=O)Nc2cc(F)c(C(F)(F)F)c(F)c2)C1. The number of likely N-dealkylation sites (tertiary alicyclic amines) is 1. The van der Waals surface area contributed by atoms with Gasteiger partial charge in [0.2, 0.25) is 0 Å². The van der Waals surface area contributed by atoms with Crippen LogP contribution in [0.4, 0.5) is 32.4 Å². The van der Waals surface area contributed by atoms with Crippen molar-refractivity contribution in [3.05, 3.63) is 29.3 Å². The number of nitrogens with one attached hydrogen (secondary N) is 1. The molecule has 0 spiro atoms. The molecule has 2 rings (SSSR count). The minimum absolute atomic E-state index is 0.183. The van der Waals surface area contributed by atoms with E-state index in [-0.39, 0.29) is 18.3 Å². The number of carbonyl (C=O) groups is 1. The lowest BCUT2D eigenvalue weighted by molar-refractivity contribution is -0.142. The summed E-state index contributed by atoms with van der Waals surface area (Å²) in [6.07, 6.45) is -4.55. The molecule has 1 aliphatic rings. The summed E-state index contributed by atoms with van der Waals surface area (Å²) < 4.78 is 63.9. The summed E-state index contributed by atoms with van der Waals surface area (Å²) in [7, 11) is 0. The van der Waals surface area contributed by atoms with E-state index in [0.717, 1.165) is 0 Å². The van der Waals surface area contributed by atoms with E-state index in [9.17, 15) is 26.7 Å². The first-order valence-electron chi connectivity index (χ1n) is 6.06. The van der Waals surface area contributed by atoms with Crippen molar-refractivity contribution >= 4 is 11.7 Å². The van der Waals surface area contributed by atoms with E-state index < -0.39 is 29.4 Å². The fraction of sp³-hybridized carbons (Fsp3) is 0.417. The quantitative estimate of drug-likeness (QED) is 0.783. The standard InChI is InChI=1S/C12H12F5N3O/c13-8-3-7(4-9(14)10(8)12(15,16)17)19-11(21)20-2-1-6(18)5-20/h3-4,6H,1-2,5,18H2,(H,19,21)/t6-/m1/s1. The lowest BCUT2D eigenvalue weighted by Crippen LogP contribution is -2.35. The highest BCUT2D eigenvalue weighted by atomic mass is 19.4. The Kier molecular flexibility index (Phi) is 4.04. The zero-order valence-corrected chi connectivity index (χ0v) is 10.7. The van der Waals surface area contributed by atoms with Gasteiger partial charge in [0, 0.05) is 24.8 Å². The van der Waals surface area contributed by atoms with Gasteiger partial charge >= 0.3 is 12.2 Å². The van der Waals surface area contributed by atoms with Crippen LogP contribution in [-0.2, 0) is 6.18 Å². The molecule has 1 aliphatic heterocycles. The molecule has 116 valence electrons. The van der Waals surface area contributed by atoms with Gasteiger partial charge in [-0.2, -0.15) is 13.2 Å². The van der Waals surface area contributed by atoms with Gasteiger partial charge in [0.1, 0.15) is 17.2 Å². The van der Waals surface area contributed by atoms with Crippen LogP contribution in [0.25, 0.3) is 0 Å². The first-order valence-corrected chi connectivity index (χ1v) is 6.06. The van der Waals surface area contributed by atoms with Gasteiger partial charge < -0.3 is 16.0 Å². The third-order valence-electron chi connectivity index (χ3n) is 3.09. The Balaban J connectivity index is 2.17. The van der Waals surface area contributed by atoms with Crippen molar-refractivity contribution in [3.8, 4) is 0 Å². The van der Waals surface area contributed by atoms with Crippen LogP contribution >= 0.6 is 0 Å². The van der Waals surface area contributed by atoms with Gasteiger partial charge in [-0.3, -0.25) is 0 Å². The van der Waals surface area contributed by atoms with Crippen LogP contribution in [0.3, 0.4) is 0 Å². The second kappa shape index (κ2) is 5.47. The highest BCUT2D eigenvalue weighted by Gasteiger charge is 2.38. The van der Waals surface area contributed by atoms with Gasteiger partial charge in [-0.1, -0.05) is 0 Å². The van der Waals surface area contributed by atoms with Gasteiger partial charge in [-0.25, -0.2) is 13.6 Å². The maximum absolute atomic E-state index is 13.4. The zero-order chi connectivity index (χ0) is 15.8. The van der Waals surface area contributed by atoms with Gasteiger partial charge in [-0.15, -0.1) is 0 Å². The number of benzene rings is 1. The second-order valence-electron chi connectivity index (χ2n) is 4.74. The Morgan fingerprint density at radius 3 is 2.29 bits per heavy atom. The fourth-order valence-corrected chi connectivity index (χ4v) is 2.09. The van der Waals surface area contributed by atoms with Crippen molar-refractivity contribution < 1.29 is 26.7 Å². The van der Waals surface area contributed by atoms with E-state index in [1.807, 2.05) is 0 Å². The molecule has 0 bridgehead atoms. The van der Waals surface area contributed by atoms with Crippen LogP contribution in [0, 0.1) is 11.6 Å². The monoisotopic (exact) mass is 309 g/mol. The van der Waals surface area contributed by atoms with E-state index in [4.69, 9.17) is 5.73 Å². The topological polar surface area (TPSA) is 58.4 Å². The minimum atomic E-state index is -5.14. The van der Waals surface area contributed by atoms with E-state index in [1.54, 1.807) is 0 Å². The van der Waals surface area contributed by atoms with E-state index in [2.05, 4.69) is 5.32 Å². The predicted molar refractivity (Wildman–Crippen MR) is 64.5 cm³/mol. The van der Waals surface area contributed by atoms with E-state index >= 15 is 0 Å². The number of urea groups is 1. The number of carbonyl (C=O) groups excluding carboxylic acids is 1. The number of halogens is 5. The molecule has 21 heavy (non-hydrogen) atoms. The average Bonchev–Trinajstić information content (AvgIpc) is 2.72. The molecule has 0 unspecified atom stereocenters. The highest BCUT2D eigenvalue weighted by Crippen LogP contribution is 2.34. The number of nitrogens with zero attached hydrogens (tertiary/aromatic N) is 1. The summed E-state index contributed by atoms with van der Waals surface area (Å²) in [5, 5.41) is 2.15. The highest BCUT2D eigenvalue weighted by molar-refractivity contribution is 5.89. The molecule has 1 heterocycles. The summed E-state index contributed by atoms with van der Waals surface area (Å²) in [5.74, 6) is -3.56. The van der Waals surface area contributed by atoms with Crippen molar-refractivity contribution in [2.24, 2.45) is 5.73 Å². The Bertz CT molecular complexity index is 537. The molecule has 1 aromatic rings. The molecule has 9 heteroatoms. The Hall–Kier alpha value is -1.90. The predicted octanol–water partition coefficient (Wildman–Crippen LogP) is 2.55. The summed E-state index contributed by atoms with van der Waals surface area (Å²) >= 11 is 0. The van der Waals surface area contributed by atoms with Crippen LogP contribution in [0.2, 0.25) is 0 Å². The third kappa shape index (κ3) is 3.41. The van der Waals surface area contributed by atoms with Crippen LogP contribution in [0.5, 0.6) is 0 Å². The zero-order valence-electron chi connectivity index (χ0n) is 10.7. The van der Waals surface area contributed by atoms with Gasteiger partial charge in [0.25, 0.3) is 0 Å². The van der Waals surface area contributed by atoms with Crippen molar-refractivity contribution in [2.45, 2.75) is 18.6 Å². The molecule has 1 atom stereocenters. The molecular weight excluding hydrogens is 297 g/mol. The first kappa shape index (κ1) is 15.5. The van der Waals surface area contributed by atoms with Crippen LogP contribution in [0.1, 0.15) is 12.0 Å². The van der Waals surface area contributed by atoms with Gasteiger partial charge in [-0.05, 0) is 18.6 Å². The molecule has 0 aromatic heterocycles. The van der Waals surface area contributed by atoms with Crippen LogP contribution < -0.4 is 11.1 Å². The number of amides is 2. The number of hydrogen-bond donors (Lipinski definition) is 2. The number of rotatable bonds is 1. The number of hydrogen-bond acceptors (Lipinski definition) is 2. The molecule has 1 aromatic carbocycles. The number of anilines is 1. The van der Waals surface area contributed by atoms with Crippen LogP contribution in [-0.4, -0.2) is 30.1 Å². The van der Waals surface area contributed by atoms with Crippen molar-refractivity contribution in [2.75, 3.05) is 18.4 Å². The third-order valence-corrected chi connectivity index (χ3v) is 3.09. The summed E-state index contributed by atoms with van der Waals surface area (Å²) in [6.45, 7) is 0.649. The van der Waals surface area contributed by atoms with Crippen molar-refractivity contribution in [3.63, 3.8) is 0 Å². The molecule has 1 saturated heterocycles. The maximum Gasteiger partial charge on any atom is 0.422 e. The smallest absolute Gasteiger partial charge is 0.326 e. The molecule has 4 nitrogen and oxygen atoms in total. The van der Waals surface area contributed by atoms with Crippen molar-refractivity contribution in [1.82, 2.24) is 4.90 Å². The van der Waals surface area contributed by atoms with E-state index in [0.29, 0.717) is 25.1 Å². The molecule has 2 amide bonds. The average molecular weight is 309 g/mol. The first-order chi connectivity index (χ1) is 9.68. The summed E-state index contributed by atoms with van der Waals surface area (Å²) in [5.41, 5.74) is 3.24. The summed E-state index contributed by atoms with van der Waals surface area (Å²) in [4.78, 5) is 13.1. The lowest BCUT2D eigenvalue weighted by Gasteiger charge is -2.17. The molecular formula is C12H12F5N3O. The van der Waals surface area contributed by atoms with Crippen LogP contribution in [0.15, 0.2) is 12.1 Å². The Labute approximate surface area is 116 Å². The minimum Gasteiger partial charge on any atom is -0.326 e. The van der Waals surface area contributed by atoms with E-state index in [1.165, 1.54) is 4.90 Å². The number of alkyl halides is 3. The number of nitrogens with two attached hydrogens (primary N) is 1. The molecule has 3 N–H and O–H groups in total. The normalized spacial score (nSPS) is 19.0. The summed E-state index contributed by atoms with van der Waals surface area (Å²) in [6, 6.07) is 0.0120. The maximum atomic E-state index is 13.4. The fourth-order valence-electron chi connectivity index (χ4n) is 2.09. The molecule has 0 saturated carbocycles. The van der Waals surface area contributed by atoms with Crippen molar-refractivity contribution in [1.29, 1.82) is 0 Å². The molecule has 0 aliphatic carbocycles. The second-order valence-corrected chi connectivity index (χ2v) is 4.74. The largest absolute Gasteiger partial charge is 0.422 e. The molecule has 1 fully saturated rings. The molecule has 0 radical (unpaired) electrons. The Morgan fingerprint density at radius 1 is 1.29 bits per heavy atom.